The molecule has 40 heavy (non-hydrogen) atoms. The van der Waals surface area contributed by atoms with Crippen LogP contribution >= 0.6 is 11.3 Å². The van der Waals surface area contributed by atoms with Crippen molar-refractivity contribution in [2.45, 2.75) is 44.7 Å². The zero-order valence-corrected chi connectivity index (χ0v) is 24.5. The first-order valence-electron chi connectivity index (χ1n) is 12.9. The molecule has 0 bridgehead atoms. The number of anilines is 1. The van der Waals surface area contributed by atoms with E-state index in [-0.39, 0.29) is 23.7 Å². The van der Waals surface area contributed by atoms with Gasteiger partial charge in [-0.15, -0.1) is 21.5 Å². The Hall–Kier alpha value is -3.61. The van der Waals surface area contributed by atoms with Gasteiger partial charge in [0.15, 0.2) is 0 Å². The van der Waals surface area contributed by atoms with E-state index in [0.29, 0.717) is 29.8 Å². The summed E-state index contributed by atoms with van der Waals surface area (Å²) in [5, 5.41) is 11.3. The molecule has 1 aliphatic heterocycles. The van der Waals surface area contributed by atoms with Crippen LogP contribution in [0.4, 0.5) is 5.69 Å². The molecule has 0 spiro atoms. The summed E-state index contributed by atoms with van der Waals surface area (Å²) in [5.74, 6) is 0.165. The van der Waals surface area contributed by atoms with E-state index >= 15 is 0 Å². The molecule has 2 aromatic carbocycles. The van der Waals surface area contributed by atoms with Crippen LogP contribution in [0.15, 0.2) is 58.3 Å². The van der Waals surface area contributed by atoms with Gasteiger partial charge in [-0.05, 0) is 56.9 Å². The third-order valence-corrected chi connectivity index (χ3v) is 9.31. The molecule has 0 saturated carbocycles. The molecule has 1 aliphatic rings. The summed E-state index contributed by atoms with van der Waals surface area (Å²) < 4.78 is 32.0. The molecule has 2 N–H and O–H groups in total. The Balaban J connectivity index is 1.51. The second kappa shape index (κ2) is 10.8. The predicted molar refractivity (Wildman–Crippen MR) is 155 cm³/mol. The maximum Gasteiger partial charge on any atom is 0.254 e. The highest BCUT2D eigenvalue weighted by molar-refractivity contribution is 7.92. The van der Waals surface area contributed by atoms with Crippen LogP contribution in [0.2, 0.25) is 0 Å². The van der Waals surface area contributed by atoms with E-state index in [1.165, 1.54) is 7.05 Å². The van der Waals surface area contributed by atoms with Crippen LogP contribution in [0.1, 0.15) is 58.3 Å². The standard InChI is InChI=1S/C28H32N6O4S2/c1-18-17-39-25(30-18)23-11-8-12-34(23)26(35)21-13-20(14-22(15-21)33(3)40(4,36)37)24-31-32-27(38-24)28(2,29)16-19-9-6-5-7-10-19/h5-7,9-10,13-15,17,23H,8,11-12,16,29H2,1-4H3/t23-,28-/m1/s1. The van der Waals surface area contributed by atoms with Gasteiger partial charge in [0, 0.05) is 35.8 Å². The molecule has 1 amide bonds. The zero-order valence-electron chi connectivity index (χ0n) is 22.9. The van der Waals surface area contributed by atoms with E-state index in [4.69, 9.17) is 10.2 Å². The first-order chi connectivity index (χ1) is 18.9. The van der Waals surface area contributed by atoms with E-state index in [2.05, 4.69) is 15.2 Å². The van der Waals surface area contributed by atoms with Crippen molar-refractivity contribution in [2.24, 2.45) is 5.73 Å². The van der Waals surface area contributed by atoms with Gasteiger partial charge in [-0.2, -0.15) is 0 Å². The molecule has 2 atom stereocenters. The highest BCUT2D eigenvalue weighted by atomic mass is 32.2. The molecule has 2 aromatic heterocycles. The monoisotopic (exact) mass is 580 g/mol. The first kappa shape index (κ1) is 27.9. The molecule has 10 nitrogen and oxygen atoms in total. The lowest BCUT2D eigenvalue weighted by Gasteiger charge is -2.24. The number of thiazole rings is 1. The number of hydrogen-bond donors (Lipinski definition) is 1. The maximum atomic E-state index is 13.9. The van der Waals surface area contributed by atoms with Crippen molar-refractivity contribution in [3.8, 4) is 11.5 Å². The van der Waals surface area contributed by atoms with Gasteiger partial charge >= 0.3 is 0 Å². The molecule has 4 aromatic rings. The lowest BCUT2D eigenvalue weighted by molar-refractivity contribution is 0.0735. The number of hydrogen-bond acceptors (Lipinski definition) is 9. The van der Waals surface area contributed by atoms with E-state index in [9.17, 15) is 13.2 Å². The van der Waals surface area contributed by atoms with Crippen LogP contribution in [0.3, 0.4) is 0 Å². The van der Waals surface area contributed by atoms with Crippen molar-refractivity contribution in [1.29, 1.82) is 0 Å². The van der Waals surface area contributed by atoms with Gasteiger partial charge in [-0.1, -0.05) is 30.3 Å². The van der Waals surface area contributed by atoms with Gasteiger partial charge in [0.05, 0.1) is 23.5 Å². The summed E-state index contributed by atoms with van der Waals surface area (Å²) in [7, 11) is -2.17. The normalized spacial score (nSPS) is 17.1. The number of sulfonamides is 1. The lowest BCUT2D eigenvalue weighted by atomic mass is 9.94. The molecule has 0 aliphatic carbocycles. The molecule has 5 rings (SSSR count). The minimum absolute atomic E-state index is 0.128. The predicted octanol–water partition coefficient (Wildman–Crippen LogP) is 4.29. The molecular weight excluding hydrogens is 548 g/mol. The van der Waals surface area contributed by atoms with Crippen LogP contribution in [-0.4, -0.2) is 54.3 Å². The number of likely N-dealkylation sites (tertiary alicyclic amines) is 1. The van der Waals surface area contributed by atoms with E-state index in [1.54, 1.807) is 34.4 Å². The van der Waals surface area contributed by atoms with Crippen LogP contribution in [0.25, 0.3) is 11.5 Å². The number of aryl methyl sites for hydroxylation is 1. The number of rotatable bonds is 8. The summed E-state index contributed by atoms with van der Waals surface area (Å²) in [6.45, 7) is 4.33. The van der Waals surface area contributed by atoms with Gasteiger partial charge in [0.2, 0.25) is 21.8 Å². The fraction of sp³-hybridized carbons (Fsp3) is 0.357. The SMILES string of the molecule is Cc1csc([C@H]2CCCN2C(=O)c2cc(-c3nnc([C@](C)(N)Cc4ccccc4)o3)cc(N(C)S(C)(=O)=O)c2)n1. The second-order valence-electron chi connectivity index (χ2n) is 10.5. The van der Waals surface area contributed by atoms with Crippen LogP contribution in [0.5, 0.6) is 0 Å². The second-order valence-corrected chi connectivity index (χ2v) is 13.4. The highest BCUT2D eigenvalue weighted by Crippen LogP contribution is 2.36. The van der Waals surface area contributed by atoms with E-state index in [1.807, 2.05) is 49.6 Å². The Morgan fingerprint density at radius 2 is 1.98 bits per heavy atom. The van der Waals surface area contributed by atoms with Gasteiger partial charge in [0.1, 0.15) is 5.01 Å². The third kappa shape index (κ3) is 5.79. The average molecular weight is 581 g/mol. The van der Waals surface area contributed by atoms with Crippen LogP contribution in [-0.2, 0) is 22.0 Å². The number of amides is 1. The maximum absolute atomic E-state index is 13.9. The summed E-state index contributed by atoms with van der Waals surface area (Å²) in [6.07, 6.45) is 3.26. The summed E-state index contributed by atoms with van der Waals surface area (Å²) in [4.78, 5) is 20.3. The van der Waals surface area contributed by atoms with Crippen molar-refractivity contribution in [3.63, 3.8) is 0 Å². The van der Waals surface area contributed by atoms with Crippen LogP contribution < -0.4 is 10.0 Å². The Morgan fingerprint density at radius 1 is 1.23 bits per heavy atom. The smallest absolute Gasteiger partial charge is 0.254 e. The number of benzene rings is 2. The summed E-state index contributed by atoms with van der Waals surface area (Å²) in [6, 6.07) is 14.5. The number of carbonyl (C=O) groups is 1. The van der Waals surface area contributed by atoms with Crippen molar-refractivity contribution >= 4 is 33.0 Å². The van der Waals surface area contributed by atoms with Gasteiger partial charge < -0.3 is 15.1 Å². The van der Waals surface area contributed by atoms with E-state index in [0.717, 1.165) is 39.7 Å². The van der Waals surface area contributed by atoms with Gasteiger partial charge in [-0.3, -0.25) is 9.10 Å². The Kier molecular flexibility index (Phi) is 7.51. The number of carbonyl (C=O) groups excluding carboxylic acids is 1. The zero-order chi connectivity index (χ0) is 28.7. The molecule has 0 unspecified atom stereocenters. The van der Waals surface area contributed by atoms with Gasteiger partial charge in [0.25, 0.3) is 5.91 Å². The third-order valence-electron chi connectivity index (χ3n) is 7.04. The fourth-order valence-electron chi connectivity index (χ4n) is 4.86. The van der Waals surface area contributed by atoms with E-state index < -0.39 is 15.6 Å². The number of aromatic nitrogens is 3. The summed E-state index contributed by atoms with van der Waals surface area (Å²) >= 11 is 1.54. The Bertz CT molecular complexity index is 1630. The molecule has 0 radical (unpaired) electrons. The fourth-order valence-corrected chi connectivity index (χ4v) is 6.29. The number of nitrogens with two attached hydrogens (primary N) is 1. The summed E-state index contributed by atoms with van der Waals surface area (Å²) in [5.41, 5.74) is 8.63. The van der Waals surface area contributed by atoms with Crippen LogP contribution in [0, 0.1) is 6.92 Å². The molecular formula is C28H32N6O4S2. The topological polar surface area (TPSA) is 136 Å². The Morgan fingerprint density at radius 3 is 2.65 bits per heavy atom. The number of nitrogens with zero attached hydrogens (tertiary/aromatic N) is 5. The van der Waals surface area contributed by atoms with Crippen molar-refractivity contribution in [1.82, 2.24) is 20.1 Å². The molecule has 1 fully saturated rings. The van der Waals surface area contributed by atoms with Crippen molar-refractivity contribution in [3.05, 3.63) is 81.6 Å². The molecule has 210 valence electrons. The highest BCUT2D eigenvalue weighted by Gasteiger charge is 2.34. The minimum atomic E-state index is -3.61. The molecule has 3 heterocycles. The Labute approximate surface area is 237 Å². The van der Waals surface area contributed by atoms with Gasteiger partial charge in [-0.25, -0.2) is 13.4 Å². The molecule has 1 saturated heterocycles. The minimum Gasteiger partial charge on any atom is -0.419 e. The lowest BCUT2D eigenvalue weighted by Crippen LogP contribution is -2.35. The molecule has 12 heteroatoms. The van der Waals surface area contributed by atoms with Crippen molar-refractivity contribution in [2.75, 3.05) is 24.2 Å². The quantitative estimate of drug-likeness (QED) is 0.326. The first-order valence-corrected chi connectivity index (χ1v) is 15.6. The average Bonchev–Trinajstić information content (AvgIpc) is 3.68. The van der Waals surface area contributed by atoms with Crippen molar-refractivity contribution < 1.29 is 17.6 Å². The largest absolute Gasteiger partial charge is 0.419 e.